The highest BCUT2D eigenvalue weighted by Crippen LogP contribution is 2.32. The van der Waals surface area contributed by atoms with E-state index in [0.29, 0.717) is 17.2 Å². The van der Waals surface area contributed by atoms with Gasteiger partial charge in [0.1, 0.15) is 5.82 Å². The van der Waals surface area contributed by atoms with Gasteiger partial charge in [0.15, 0.2) is 0 Å². The van der Waals surface area contributed by atoms with Gasteiger partial charge in [0.2, 0.25) is 0 Å². The third-order valence-electron chi connectivity index (χ3n) is 6.81. The number of hydrogen-bond acceptors (Lipinski definition) is 2. The van der Waals surface area contributed by atoms with Crippen LogP contribution in [-0.2, 0) is 6.42 Å². The van der Waals surface area contributed by atoms with Gasteiger partial charge in [-0.25, -0.2) is 4.39 Å². The number of aromatic amines is 1. The lowest BCUT2D eigenvalue weighted by molar-refractivity contribution is 0.102. The summed E-state index contributed by atoms with van der Waals surface area (Å²) >= 11 is 0. The van der Waals surface area contributed by atoms with Crippen molar-refractivity contribution in [1.29, 1.82) is 0 Å². The number of unbranched alkanes of at least 4 members (excludes halogenated alkanes) is 1. The molecule has 4 rings (SSSR count). The molecule has 0 aliphatic rings. The number of carbonyl (C=O) groups is 1. The lowest BCUT2D eigenvalue weighted by atomic mass is 9.89. The average molecular weight is 516 g/mol. The Labute approximate surface area is 227 Å². The van der Waals surface area contributed by atoms with Crippen LogP contribution < -0.4 is 10.6 Å². The van der Waals surface area contributed by atoms with E-state index in [1.54, 1.807) is 18.2 Å². The minimum absolute atomic E-state index is 0.119. The number of nitrogens with one attached hydrogen (secondary N) is 3. The molecule has 3 aromatic carbocycles. The highest BCUT2D eigenvalue weighted by molar-refractivity contribution is 6.10. The van der Waals surface area contributed by atoms with E-state index in [4.69, 9.17) is 0 Å². The Bertz CT molecular complexity index is 1310. The van der Waals surface area contributed by atoms with Crippen LogP contribution in [0.25, 0.3) is 10.9 Å². The zero-order valence-corrected chi connectivity index (χ0v) is 23.5. The van der Waals surface area contributed by atoms with Crippen LogP contribution in [0.3, 0.4) is 0 Å². The van der Waals surface area contributed by atoms with Crippen LogP contribution in [0, 0.1) is 5.82 Å². The summed E-state index contributed by atoms with van der Waals surface area (Å²) in [6.45, 7) is 10.5. The first kappa shape index (κ1) is 29.0. The Hall–Kier alpha value is -3.60. The first-order valence-electron chi connectivity index (χ1n) is 14.1. The largest absolute Gasteiger partial charge is 0.357 e. The third kappa shape index (κ3) is 7.03. The summed E-state index contributed by atoms with van der Waals surface area (Å²) in [6.07, 6.45) is 6.70. The van der Waals surface area contributed by atoms with Crippen molar-refractivity contribution in [2.75, 3.05) is 10.6 Å². The summed E-state index contributed by atoms with van der Waals surface area (Å²) in [5, 5.41) is 7.20. The maximum absolute atomic E-state index is 14.1. The molecule has 0 radical (unpaired) electrons. The first-order chi connectivity index (χ1) is 18.5. The van der Waals surface area contributed by atoms with E-state index in [9.17, 15) is 9.18 Å². The van der Waals surface area contributed by atoms with Crippen LogP contribution in [0.15, 0.2) is 66.7 Å². The molecule has 1 atom stereocenters. The maximum atomic E-state index is 14.1. The SMILES string of the molecule is CC.CCCCC(CCC)c1ccc(C(=O)Nc2c(CC)[nH]c3cc(Nc4ccccc4F)ccc23)cc1. The van der Waals surface area contributed by atoms with Crippen LogP contribution in [0.2, 0.25) is 0 Å². The number of fused-ring (bicyclic) bond motifs is 1. The number of hydrogen-bond donors (Lipinski definition) is 3. The molecule has 4 aromatic rings. The summed E-state index contributed by atoms with van der Waals surface area (Å²) in [6, 6.07) is 20.5. The number of amides is 1. The minimum atomic E-state index is -0.302. The van der Waals surface area contributed by atoms with Crippen molar-refractivity contribution in [3.05, 3.63) is 89.4 Å². The van der Waals surface area contributed by atoms with Crippen molar-refractivity contribution in [2.45, 2.75) is 79.1 Å². The maximum Gasteiger partial charge on any atom is 0.255 e. The number of rotatable bonds is 11. The van der Waals surface area contributed by atoms with Gasteiger partial charge in [-0.15, -0.1) is 0 Å². The molecular weight excluding hydrogens is 473 g/mol. The molecule has 0 aliphatic heterocycles. The molecule has 202 valence electrons. The van der Waals surface area contributed by atoms with E-state index in [1.165, 1.54) is 37.3 Å². The van der Waals surface area contributed by atoms with Crippen LogP contribution >= 0.6 is 0 Å². The number of H-pyrrole nitrogens is 1. The van der Waals surface area contributed by atoms with Crippen molar-refractivity contribution >= 4 is 33.9 Å². The van der Waals surface area contributed by atoms with Gasteiger partial charge >= 0.3 is 0 Å². The Morgan fingerprint density at radius 1 is 0.921 bits per heavy atom. The first-order valence-corrected chi connectivity index (χ1v) is 14.1. The second kappa shape index (κ2) is 14.4. The Balaban J connectivity index is 0.00000195. The molecule has 38 heavy (non-hydrogen) atoms. The van der Waals surface area contributed by atoms with E-state index < -0.39 is 0 Å². The second-order valence-electron chi connectivity index (χ2n) is 9.40. The summed E-state index contributed by atoms with van der Waals surface area (Å²) in [5.74, 6) is 0.134. The van der Waals surface area contributed by atoms with Crippen LogP contribution in [0.1, 0.15) is 94.3 Å². The van der Waals surface area contributed by atoms with Crippen LogP contribution in [-0.4, -0.2) is 10.9 Å². The number of benzene rings is 3. The molecular formula is C33H42FN3O. The van der Waals surface area contributed by atoms with Crippen LogP contribution in [0.5, 0.6) is 0 Å². The molecule has 0 bridgehead atoms. The van der Waals surface area contributed by atoms with Crippen LogP contribution in [0.4, 0.5) is 21.5 Å². The molecule has 4 nitrogen and oxygen atoms in total. The van der Waals surface area contributed by atoms with Crippen molar-refractivity contribution in [3.63, 3.8) is 0 Å². The number of aromatic nitrogens is 1. The van der Waals surface area contributed by atoms with Gasteiger partial charge in [-0.2, -0.15) is 0 Å². The van der Waals surface area contributed by atoms with Gasteiger partial charge in [-0.1, -0.05) is 78.1 Å². The number of para-hydroxylation sites is 1. The molecule has 1 aromatic heterocycles. The molecule has 0 saturated heterocycles. The topological polar surface area (TPSA) is 56.9 Å². The third-order valence-corrected chi connectivity index (χ3v) is 6.81. The summed E-state index contributed by atoms with van der Waals surface area (Å²) < 4.78 is 14.1. The fraction of sp³-hybridized carbons (Fsp3) is 0.364. The quantitative estimate of drug-likeness (QED) is 0.186. The van der Waals surface area contributed by atoms with Gasteiger partial charge < -0.3 is 15.6 Å². The van der Waals surface area contributed by atoms with E-state index in [-0.39, 0.29) is 11.7 Å². The monoisotopic (exact) mass is 515 g/mol. The highest BCUT2D eigenvalue weighted by Gasteiger charge is 2.16. The number of carbonyl (C=O) groups excluding carboxylic acids is 1. The molecule has 0 spiro atoms. The molecule has 0 fully saturated rings. The number of aryl methyl sites for hydroxylation is 1. The Morgan fingerprint density at radius 2 is 1.66 bits per heavy atom. The van der Waals surface area contributed by atoms with E-state index in [0.717, 1.165) is 40.8 Å². The molecule has 0 saturated carbocycles. The van der Waals surface area contributed by atoms with Gasteiger partial charge in [0.25, 0.3) is 5.91 Å². The zero-order valence-electron chi connectivity index (χ0n) is 23.5. The predicted octanol–water partition coefficient (Wildman–Crippen LogP) is 9.97. The van der Waals surface area contributed by atoms with Crippen molar-refractivity contribution in [2.24, 2.45) is 0 Å². The average Bonchev–Trinajstić information content (AvgIpc) is 3.30. The van der Waals surface area contributed by atoms with E-state index in [1.807, 2.05) is 44.2 Å². The second-order valence-corrected chi connectivity index (χ2v) is 9.40. The molecule has 1 heterocycles. The fourth-order valence-corrected chi connectivity index (χ4v) is 4.83. The highest BCUT2D eigenvalue weighted by atomic mass is 19.1. The Morgan fingerprint density at radius 3 is 2.32 bits per heavy atom. The van der Waals surface area contributed by atoms with Gasteiger partial charge in [-0.05, 0) is 73.2 Å². The summed E-state index contributed by atoms with van der Waals surface area (Å²) in [5.41, 5.74) is 5.81. The van der Waals surface area contributed by atoms with Crippen molar-refractivity contribution in [3.8, 4) is 0 Å². The minimum Gasteiger partial charge on any atom is -0.357 e. The van der Waals surface area contributed by atoms with Gasteiger partial charge in [0.05, 0.1) is 11.4 Å². The fourth-order valence-electron chi connectivity index (χ4n) is 4.83. The van der Waals surface area contributed by atoms with Crippen molar-refractivity contribution in [1.82, 2.24) is 4.98 Å². The smallest absolute Gasteiger partial charge is 0.255 e. The molecule has 1 unspecified atom stereocenters. The Kier molecular flexibility index (Phi) is 11.0. The van der Waals surface area contributed by atoms with E-state index >= 15 is 0 Å². The van der Waals surface area contributed by atoms with Crippen molar-refractivity contribution < 1.29 is 9.18 Å². The zero-order chi connectivity index (χ0) is 27.5. The number of anilines is 3. The molecule has 0 aliphatic carbocycles. The van der Waals surface area contributed by atoms with E-state index in [2.05, 4.69) is 48.5 Å². The normalized spacial score (nSPS) is 11.5. The predicted molar refractivity (Wildman–Crippen MR) is 160 cm³/mol. The number of halogens is 1. The molecule has 1 amide bonds. The summed E-state index contributed by atoms with van der Waals surface area (Å²) in [7, 11) is 0. The molecule has 5 heteroatoms. The standard InChI is InChI=1S/C31H36FN3O.C2H6/c1-4-7-11-21(10-5-2)22-14-16-23(17-15-22)31(36)35-30-25-19-18-24(20-29(25)34-27(30)6-3)33-28-13-9-8-12-26(28)32;1-2/h8-9,12-21,33-34H,4-7,10-11H2,1-3H3,(H,35,36);1-2H3. The molecule has 3 N–H and O–H groups in total. The lowest BCUT2D eigenvalue weighted by Gasteiger charge is -2.17. The summed E-state index contributed by atoms with van der Waals surface area (Å²) in [4.78, 5) is 16.6. The van der Waals surface area contributed by atoms with Gasteiger partial charge in [0, 0.05) is 27.8 Å². The lowest BCUT2D eigenvalue weighted by Crippen LogP contribution is -2.13. The van der Waals surface area contributed by atoms with Gasteiger partial charge in [-0.3, -0.25) is 4.79 Å².